The minimum absolute atomic E-state index is 0.206. The minimum Gasteiger partial charge on any atom is -0.497 e. The Morgan fingerprint density at radius 2 is 1.82 bits per heavy atom. The summed E-state index contributed by atoms with van der Waals surface area (Å²) in [7, 11) is 4.81. The third kappa shape index (κ3) is 4.43. The lowest BCUT2D eigenvalue weighted by atomic mass is 10.1. The Balaban J connectivity index is 1.59. The molecule has 0 fully saturated rings. The number of ether oxygens (including phenoxy) is 3. The van der Waals surface area contributed by atoms with E-state index in [1.54, 1.807) is 27.4 Å². The Morgan fingerprint density at radius 3 is 2.57 bits per heavy atom. The van der Waals surface area contributed by atoms with E-state index < -0.39 is 0 Å². The number of methoxy groups -OCH3 is 3. The zero-order chi connectivity index (χ0) is 19.9. The highest BCUT2D eigenvalue weighted by molar-refractivity contribution is 5.93. The molecule has 0 aliphatic carbocycles. The van der Waals surface area contributed by atoms with Gasteiger partial charge in [0.05, 0.1) is 27.0 Å². The SMILES string of the molecule is COc1cccc(-c2cc(C(=O)NCCc3ccc(OC)c(OC)c3)[nH]n2)c1. The van der Waals surface area contributed by atoms with Crippen molar-refractivity contribution in [3.8, 4) is 28.5 Å². The maximum absolute atomic E-state index is 12.4. The number of nitrogens with zero attached hydrogens (tertiary/aromatic N) is 1. The molecule has 0 atom stereocenters. The number of hydrogen-bond donors (Lipinski definition) is 2. The van der Waals surface area contributed by atoms with Gasteiger partial charge in [-0.1, -0.05) is 18.2 Å². The average Bonchev–Trinajstić information content (AvgIpc) is 3.24. The zero-order valence-corrected chi connectivity index (χ0v) is 16.1. The summed E-state index contributed by atoms with van der Waals surface area (Å²) >= 11 is 0. The summed E-state index contributed by atoms with van der Waals surface area (Å²) in [6.45, 7) is 0.488. The Morgan fingerprint density at radius 1 is 1.00 bits per heavy atom. The summed E-state index contributed by atoms with van der Waals surface area (Å²) in [6, 6.07) is 15.0. The van der Waals surface area contributed by atoms with Gasteiger partial charge in [-0.3, -0.25) is 9.89 Å². The van der Waals surface area contributed by atoms with E-state index in [0.717, 1.165) is 16.9 Å². The third-order valence-electron chi connectivity index (χ3n) is 4.34. The highest BCUT2D eigenvalue weighted by atomic mass is 16.5. The molecule has 1 amide bonds. The van der Waals surface area contributed by atoms with Crippen molar-refractivity contribution < 1.29 is 19.0 Å². The van der Waals surface area contributed by atoms with Gasteiger partial charge < -0.3 is 19.5 Å². The number of H-pyrrole nitrogens is 1. The quantitative estimate of drug-likeness (QED) is 0.626. The predicted octanol–water partition coefficient (Wildman–Crippen LogP) is 3.08. The molecule has 7 nitrogen and oxygen atoms in total. The number of hydrogen-bond acceptors (Lipinski definition) is 5. The monoisotopic (exact) mass is 381 g/mol. The van der Waals surface area contributed by atoms with E-state index in [-0.39, 0.29) is 5.91 Å². The van der Waals surface area contributed by atoms with Crippen molar-refractivity contribution in [2.75, 3.05) is 27.9 Å². The van der Waals surface area contributed by atoms with Crippen molar-refractivity contribution >= 4 is 5.91 Å². The molecule has 1 heterocycles. The molecule has 3 rings (SSSR count). The summed E-state index contributed by atoms with van der Waals surface area (Å²) in [5, 5.41) is 9.90. The molecule has 0 saturated carbocycles. The topological polar surface area (TPSA) is 85.5 Å². The molecular formula is C21H23N3O4. The van der Waals surface area contributed by atoms with Gasteiger partial charge in [-0.05, 0) is 42.3 Å². The summed E-state index contributed by atoms with van der Waals surface area (Å²) in [5.74, 6) is 1.88. The lowest BCUT2D eigenvalue weighted by Gasteiger charge is -2.09. The number of carbonyl (C=O) groups excluding carboxylic acids is 1. The van der Waals surface area contributed by atoms with E-state index in [0.29, 0.717) is 35.9 Å². The maximum atomic E-state index is 12.4. The number of aromatic nitrogens is 2. The standard InChI is InChI=1S/C21H23N3O4/c1-26-16-6-4-5-15(12-16)17-13-18(24-23-17)21(25)22-10-9-14-7-8-19(27-2)20(11-14)28-3/h4-8,11-13H,9-10H2,1-3H3,(H,22,25)(H,23,24). The van der Waals surface area contributed by atoms with Crippen LogP contribution < -0.4 is 19.5 Å². The molecule has 28 heavy (non-hydrogen) atoms. The molecule has 0 saturated heterocycles. The number of amides is 1. The highest BCUT2D eigenvalue weighted by Gasteiger charge is 2.11. The maximum Gasteiger partial charge on any atom is 0.269 e. The molecular weight excluding hydrogens is 358 g/mol. The van der Waals surface area contributed by atoms with Crippen LogP contribution in [-0.2, 0) is 6.42 Å². The molecule has 0 radical (unpaired) electrons. The van der Waals surface area contributed by atoms with Gasteiger partial charge in [0.15, 0.2) is 11.5 Å². The Bertz CT molecular complexity index is 952. The van der Waals surface area contributed by atoms with Crippen molar-refractivity contribution in [2.45, 2.75) is 6.42 Å². The molecule has 1 aromatic heterocycles. The molecule has 0 unspecified atom stereocenters. The molecule has 3 aromatic rings. The molecule has 146 valence electrons. The first-order valence-electron chi connectivity index (χ1n) is 8.83. The Hall–Kier alpha value is -3.48. The van der Waals surface area contributed by atoms with E-state index in [1.807, 2.05) is 42.5 Å². The van der Waals surface area contributed by atoms with Gasteiger partial charge in [0.25, 0.3) is 5.91 Å². The van der Waals surface area contributed by atoms with Gasteiger partial charge in [0.1, 0.15) is 11.4 Å². The molecule has 7 heteroatoms. The number of aromatic amines is 1. The first-order chi connectivity index (χ1) is 13.6. The number of carbonyl (C=O) groups is 1. The molecule has 2 aromatic carbocycles. The second-order valence-electron chi connectivity index (χ2n) is 6.09. The van der Waals surface area contributed by atoms with E-state index in [4.69, 9.17) is 14.2 Å². The van der Waals surface area contributed by atoms with Gasteiger partial charge in [0.2, 0.25) is 0 Å². The smallest absolute Gasteiger partial charge is 0.269 e. The van der Waals surface area contributed by atoms with Crippen LogP contribution in [-0.4, -0.2) is 44.0 Å². The molecule has 0 aliphatic heterocycles. The molecule has 0 bridgehead atoms. The van der Waals surface area contributed by atoms with Crippen molar-refractivity contribution in [1.82, 2.24) is 15.5 Å². The fraction of sp³-hybridized carbons (Fsp3) is 0.238. The first-order valence-corrected chi connectivity index (χ1v) is 8.83. The predicted molar refractivity (Wildman–Crippen MR) is 106 cm³/mol. The summed E-state index contributed by atoms with van der Waals surface area (Å²) in [6.07, 6.45) is 0.670. The normalized spacial score (nSPS) is 10.4. The second-order valence-corrected chi connectivity index (χ2v) is 6.09. The molecule has 2 N–H and O–H groups in total. The second kappa shape index (κ2) is 8.94. The Labute approximate surface area is 163 Å². The van der Waals surface area contributed by atoms with Crippen LogP contribution in [0.3, 0.4) is 0 Å². The lowest BCUT2D eigenvalue weighted by molar-refractivity contribution is 0.0949. The van der Waals surface area contributed by atoms with Gasteiger partial charge in [-0.15, -0.1) is 0 Å². The van der Waals surface area contributed by atoms with E-state index in [9.17, 15) is 4.79 Å². The minimum atomic E-state index is -0.206. The number of nitrogens with one attached hydrogen (secondary N) is 2. The average molecular weight is 381 g/mol. The van der Waals surface area contributed by atoms with E-state index >= 15 is 0 Å². The lowest BCUT2D eigenvalue weighted by Crippen LogP contribution is -2.26. The van der Waals surface area contributed by atoms with Gasteiger partial charge in [-0.2, -0.15) is 5.10 Å². The van der Waals surface area contributed by atoms with Gasteiger partial charge >= 0.3 is 0 Å². The number of rotatable bonds is 8. The van der Waals surface area contributed by atoms with Crippen molar-refractivity contribution in [3.05, 3.63) is 59.8 Å². The third-order valence-corrected chi connectivity index (χ3v) is 4.34. The van der Waals surface area contributed by atoms with Gasteiger partial charge in [-0.25, -0.2) is 0 Å². The fourth-order valence-electron chi connectivity index (χ4n) is 2.82. The summed E-state index contributed by atoms with van der Waals surface area (Å²) < 4.78 is 15.8. The van der Waals surface area contributed by atoms with E-state index in [1.165, 1.54) is 0 Å². The molecule has 0 aliphatic rings. The molecule has 0 spiro atoms. The largest absolute Gasteiger partial charge is 0.497 e. The first kappa shape index (κ1) is 19.3. The van der Waals surface area contributed by atoms with Crippen LogP contribution in [0.15, 0.2) is 48.5 Å². The van der Waals surface area contributed by atoms with E-state index in [2.05, 4.69) is 15.5 Å². The Kier molecular flexibility index (Phi) is 6.16. The van der Waals surface area contributed by atoms with Crippen LogP contribution in [0, 0.1) is 0 Å². The zero-order valence-electron chi connectivity index (χ0n) is 16.1. The van der Waals surface area contributed by atoms with Gasteiger partial charge in [0, 0.05) is 12.1 Å². The number of benzene rings is 2. The highest BCUT2D eigenvalue weighted by Crippen LogP contribution is 2.27. The van der Waals surface area contributed by atoms with Crippen LogP contribution in [0.1, 0.15) is 16.1 Å². The van der Waals surface area contributed by atoms with Crippen LogP contribution in [0.25, 0.3) is 11.3 Å². The summed E-state index contributed by atoms with van der Waals surface area (Å²) in [5.41, 5.74) is 3.01. The van der Waals surface area contributed by atoms with Crippen molar-refractivity contribution in [3.63, 3.8) is 0 Å². The van der Waals surface area contributed by atoms with Crippen molar-refractivity contribution in [2.24, 2.45) is 0 Å². The van der Waals surface area contributed by atoms with Crippen LogP contribution in [0.4, 0.5) is 0 Å². The van der Waals surface area contributed by atoms with Crippen LogP contribution in [0.2, 0.25) is 0 Å². The van der Waals surface area contributed by atoms with Crippen LogP contribution >= 0.6 is 0 Å². The van der Waals surface area contributed by atoms with Crippen LogP contribution in [0.5, 0.6) is 17.2 Å². The fourth-order valence-corrected chi connectivity index (χ4v) is 2.82. The summed E-state index contributed by atoms with van der Waals surface area (Å²) in [4.78, 5) is 12.4. The van der Waals surface area contributed by atoms with Crippen molar-refractivity contribution in [1.29, 1.82) is 0 Å².